The zero-order chi connectivity index (χ0) is 26.4. The summed E-state index contributed by atoms with van der Waals surface area (Å²) in [6.07, 6.45) is 5.11. The van der Waals surface area contributed by atoms with E-state index < -0.39 is 12.3 Å². The Bertz CT molecular complexity index is 1110. The fraction of sp³-hybridized carbons (Fsp3) is 0.467. The number of rotatable bonds is 13. The highest BCUT2D eigenvalue weighted by atomic mass is 16.5. The smallest absolute Gasteiger partial charge is 0.189 e. The minimum absolute atomic E-state index is 0.0202. The van der Waals surface area contributed by atoms with Gasteiger partial charge in [0.15, 0.2) is 5.66 Å². The van der Waals surface area contributed by atoms with Gasteiger partial charge in [0, 0.05) is 24.6 Å². The highest BCUT2D eigenvalue weighted by Crippen LogP contribution is 2.43. The molecular weight excluding hydrogens is 464 g/mol. The molecule has 0 aromatic heterocycles. The molecule has 2 aliphatic heterocycles. The summed E-state index contributed by atoms with van der Waals surface area (Å²) >= 11 is 0. The minimum atomic E-state index is -0.611. The highest BCUT2D eigenvalue weighted by molar-refractivity contribution is 5.55. The quantitative estimate of drug-likeness (QED) is 0.191. The molecule has 0 saturated carbocycles. The van der Waals surface area contributed by atoms with Crippen molar-refractivity contribution in [2.45, 2.75) is 70.6 Å². The average Bonchev–Trinajstić information content (AvgIpc) is 3.66. The molecule has 3 N–H and O–H groups in total. The van der Waals surface area contributed by atoms with Gasteiger partial charge in [-0.05, 0) is 69.5 Å². The molecule has 1 fully saturated rings. The molecule has 0 radical (unpaired) electrons. The summed E-state index contributed by atoms with van der Waals surface area (Å²) in [4.78, 5) is 2.08. The monoisotopic (exact) mass is 504 g/mol. The third kappa shape index (κ3) is 6.86. The van der Waals surface area contributed by atoms with Gasteiger partial charge in [0.2, 0.25) is 0 Å². The lowest BCUT2D eigenvalue weighted by Crippen LogP contribution is -2.64. The van der Waals surface area contributed by atoms with Crippen LogP contribution in [0.4, 0.5) is 5.69 Å². The van der Waals surface area contributed by atoms with Gasteiger partial charge in [0.25, 0.3) is 0 Å². The van der Waals surface area contributed by atoms with Crippen LogP contribution in [-0.4, -0.2) is 41.8 Å². The Hall–Kier alpha value is -3.00. The van der Waals surface area contributed by atoms with Crippen molar-refractivity contribution < 1.29 is 14.9 Å². The maximum Gasteiger partial charge on any atom is 0.189 e. The normalized spacial score (nSPS) is 23.5. The van der Waals surface area contributed by atoms with Gasteiger partial charge in [0.1, 0.15) is 6.23 Å². The first kappa shape index (κ1) is 27.0. The SMILES string of the molecule is CO/C(C)=C/C=C(\C)C1C(CCC(O)c2ccccc2)C(O)N1c1ccc(CNCCC2(C)N=N2)cc1. The molecule has 0 aliphatic carbocycles. The number of anilines is 1. The largest absolute Gasteiger partial charge is 0.501 e. The van der Waals surface area contributed by atoms with Crippen molar-refractivity contribution in [3.05, 3.63) is 89.2 Å². The van der Waals surface area contributed by atoms with E-state index in [2.05, 4.69) is 57.7 Å². The Morgan fingerprint density at radius 1 is 1.11 bits per heavy atom. The molecule has 2 heterocycles. The van der Waals surface area contributed by atoms with Crippen molar-refractivity contribution in [3.8, 4) is 0 Å². The molecule has 4 atom stereocenters. The second-order valence-electron chi connectivity index (χ2n) is 10.3. The van der Waals surface area contributed by atoms with Gasteiger partial charge in [-0.25, -0.2) is 0 Å². The molecule has 0 spiro atoms. The molecule has 0 amide bonds. The van der Waals surface area contributed by atoms with E-state index in [-0.39, 0.29) is 17.6 Å². The summed E-state index contributed by atoms with van der Waals surface area (Å²) in [7, 11) is 1.66. The standard InChI is InChI=1S/C30H40N4O3/c1-21(10-11-22(2)37-4)28-26(16-17-27(35)24-8-6-5-7-9-24)29(36)34(28)25-14-12-23(13-15-25)20-31-19-18-30(3)32-33-30/h5-15,26-29,31,35-36H,16-20H2,1-4H3/b21-10+,22-11+. The number of methoxy groups -OCH3 is 1. The Balaban J connectivity index is 1.42. The van der Waals surface area contributed by atoms with Crippen molar-refractivity contribution >= 4 is 5.69 Å². The van der Waals surface area contributed by atoms with Gasteiger partial charge in [-0.3, -0.25) is 0 Å². The number of nitrogens with one attached hydrogen (secondary N) is 1. The van der Waals surface area contributed by atoms with E-state index in [0.717, 1.165) is 48.5 Å². The molecule has 4 rings (SSSR count). The van der Waals surface area contributed by atoms with Crippen LogP contribution in [0.15, 0.2) is 88.3 Å². The van der Waals surface area contributed by atoms with E-state index in [0.29, 0.717) is 6.42 Å². The van der Waals surface area contributed by atoms with Gasteiger partial charge in [-0.1, -0.05) is 54.1 Å². The van der Waals surface area contributed by atoms with Gasteiger partial charge >= 0.3 is 0 Å². The zero-order valence-electron chi connectivity index (χ0n) is 22.3. The Kier molecular flexibility index (Phi) is 8.79. The second kappa shape index (κ2) is 12.0. The second-order valence-corrected chi connectivity index (χ2v) is 10.3. The number of aliphatic hydroxyl groups excluding tert-OH is 2. The average molecular weight is 505 g/mol. The lowest BCUT2D eigenvalue weighted by atomic mass is 9.77. The molecule has 2 aliphatic rings. The first-order valence-electron chi connectivity index (χ1n) is 13.1. The van der Waals surface area contributed by atoms with E-state index in [1.807, 2.05) is 50.3 Å². The predicted octanol–water partition coefficient (Wildman–Crippen LogP) is 5.48. The molecule has 2 aromatic carbocycles. The first-order chi connectivity index (χ1) is 17.8. The van der Waals surface area contributed by atoms with E-state index in [1.54, 1.807) is 7.11 Å². The van der Waals surface area contributed by atoms with Gasteiger partial charge in [-0.15, -0.1) is 0 Å². The first-order valence-corrected chi connectivity index (χ1v) is 13.1. The Morgan fingerprint density at radius 2 is 1.81 bits per heavy atom. The molecule has 198 valence electrons. The predicted molar refractivity (Wildman–Crippen MR) is 147 cm³/mol. The van der Waals surface area contributed by atoms with Crippen molar-refractivity contribution in [3.63, 3.8) is 0 Å². The Labute approximate surface area is 220 Å². The lowest BCUT2D eigenvalue weighted by Gasteiger charge is -2.55. The zero-order valence-corrected chi connectivity index (χ0v) is 22.3. The number of benzene rings is 2. The van der Waals surface area contributed by atoms with Crippen LogP contribution in [0, 0.1) is 5.92 Å². The van der Waals surface area contributed by atoms with E-state index in [9.17, 15) is 10.2 Å². The van der Waals surface area contributed by atoms with Crippen LogP contribution in [0.25, 0.3) is 0 Å². The van der Waals surface area contributed by atoms with Crippen LogP contribution in [0.2, 0.25) is 0 Å². The topological polar surface area (TPSA) is 89.7 Å². The molecule has 37 heavy (non-hydrogen) atoms. The minimum Gasteiger partial charge on any atom is -0.501 e. The molecule has 0 bridgehead atoms. The van der Waals surface area contributed by atoms with Crippen LogP contribution in [0.3, 0.4) is 0 Å². The molecule has 7 heteroatoms. The number of hydrogen-bond donors (Lipinski definition) is 3. The summed E-state index contributed by atoms with van der Waals surface area (Å²) in [6.45, 7) is 7.71. The van der Waals surface area contributed by atoms with E-state index >= 15 is 0 Å². The summed E-state index contributed by atoms with van der Waals surface area (Å²) in [5.41, 5.74) is 4.07. The summed E-state index contributed by atoms with van der Waals surface area (Å²) in [5, 5.41) is 33.5. The lowest BCUT2D eigenvalue weighted by molar-refractivity contribution is 0.00553. The summed E-state index contributed by atoms with van der Waals surface area (Å²) in [6, 6.07) is 18.1. The fourth-order valence-corrected chi connectivity index (χ4v) is 4.95. The van der Waals surface area contributed by atoms with E-state index in [1.165, 1.54) is 5.56 Å². The van der Waals surface area contributed by atoms with Gasteiger partial charge in [-0.2, -0.15) is 10.2 Å². The highest BCUT2D eigenvalue weighted by Gasteiger charge is 2.48. The van der Waals surface area contributed by atoms with Gasteiger partial charge < -0.3 is 25.2 Å². The molecule has 2 aromatic rings. The molecule has 1 saturated heterocycles. The van der Waals surface area contributed by atoms with Crippen LogP contribution in [0.1, 0.15) is 57.3 Å². The van der Waals surface area contributed by atoms with Crippen LogP contribution in [0.5, 0.6) is 0 Å². The third-order valence-electron chi connectivity index (χ3n) is 7.48. The van der Waals surface area contributed by atoms with Crippen LogP contribution >= 0.6 is 0 Å². The van der Waals surface area contributed by atoms with Crippen molar-refractivity contribution in [1.29, 1.82) is 0 Å². The van der Waals surface area contributed by atoms with Crippen molar-refractivity contribution in [2.24, 2.45) is 16.1 Å². The maximum atomic E-state index is 11.2. The maximum absolute atomic E-state index is 11.2. The van der Waals surface area contributed by atoms with Crippen LogP contribution < -0.4 is 10.2 Å². The molecule has 7 nitrogen and oxygen atoms in total. The number of allylic oxidation sites excluding steroid dienone is 3. The van der Waals surface area contributed by atoms with Crippen molar-refractivity contribution in [2.75, 3.05) is 18.6 Å². The Morgan fingerprint density at radius 3 is 2.46 bits per heavy atom. The number of ether oxygens (including phenoxy) is 1. The molecule has 4 unspecified atom stereocenters. The fourth-order valence-electron chi connectivity index (χ4n) is 4.95. The third-order valence-corrected chi connectivity index (χ3v) is 7.48. The molecular formula is C30H40N4O3. The number of hydrogen-bond acceptors (Lipinski definition) is 7. The van der Waals surface area contributed by atoms with Crippen molar-refractivity contribution in [1.82, 2.24) is 5.32 Å². The number of aliphatic hydroxyl groups is 2. The van der Waals surface area contributed by atoms with E-state index in [4.69, 9.17) is 4.74 Å². The summed E-state index contributed by atoms with van der Waals surface area (Å²) in [5.74, 6) is 0.850. The van der Waals surface area contributed by atoms with Gasteiger partial charge in [0.05, 0.1) is 25.0 Å². The summed E-state index contributed by atoms with van der Waals surface area (Å²) < 4.78 is 5.30. The van der Waals surface area contributed by atoms with Crippen LogP contribution in [-0.2, 0) is 11.3 Å². The number of nitrogens with zero attached hydrogens (tertiary/aromatic N) is 3.